The zero-order valence-corrected chi connectivity index (χ0v) is 13.7. The maximum Gasteiger partial charge on any atom is 0.215 e. The van der Waals surface area contributed by atoms with Gasteiger partial charge >= 0.3 is 0 Å². The summed E-state index contributed by atoms with van der Waals surface area (Å²) in [6.45, 7) is 4.56. The summed E-state index contributed by atoms with van der Waals surface area (Å²) in [5, 5.41) is 11.0. The first-order chi connectivity index (χ1) is 11.0. The van der Waals surface area contributed by atoms with Crippen LogP contribution in [-0.4, -0.2) is 21.2 Å². The van der Waals surface area contributed by atoms with Crippen LogP contribution in [0.3, 0.4) is 0 Å². The van der Waals surface area contributed by atoms with Crippen LogP contribution in [0.1, 0.15) is 50.8 Å². The molecule has 2 aliphatic carbocycles. The van der Waals surface area contributed by atoms with Crippen molar-refractivity contribution in [3.05, 3.63) is 29.3 Å². The minimum Gasteiger partial charge on any atom is -0.367 e. The van der Waals surface area contributed by atoms with Crippen molar-refractivity contribution in [3.8, 4) is 11.3 Å². The molecule has 23 heavy (non-hydrogen) atoms. The fraction of sp³-hybridized carbons (Fsp3) is 0.556. The number of nitrogens with one attached hydrogen (secondary N) is 2. The standard InChI is InChI=1S/C18H23FN4/c1-18(2)7-6-13-14(10-18)22-23-17(13)11-8-15(19)21-16(9-11)20-12-4-3-5-12/h8-9,12H,3-7,10H2,1-2H3,(H,20,21)(H,22,23). The lowest BCUT2D eigenvalue weighted by atomic mass is 9.76. The number of aromatic nitrogens is 3. The lowest BCUT2D eigenvalue weighted by molar-refractivity contribution is 0.312. The van der Waals surface area contributed by atoms with Crippen LogP contribution < -0.4 is 5.32 Å². The van der Waals surface area contributed by atoms with Crippen LogP contribution in [-0.2, 0) is 12.8 Å². The molecular weight excluding hydrogens is 291 g/mol. The van der Waals surface area contributed by atoms with Gasteiger partial charge in [0.25, 0.3) is 0 Å². The molecule has 0 aliphatic heterocycles. The quantitative estimate of drug-likeness (QED) is 0.839. The van der Waals surface area contributed by atoms with Crippen LogP contribution in [0, 0.1) is 11.4 Å². The second kappa shape index (κ2) is 5.32. The number of fused-ring (bicyclic) bond motifs is 1. The Bertz CT molecular complexity index is 731. The number of rotatable bonds is 3. The van der Waals surface area contributed by atoms with Crippen molar-refractivity contribution >= 4 is 5.82 Å². The molecule has 0 unspecified atom stereocenters. The predicted octanol–water partition coefficient (Wildman–Crippen LogP) is 4.09. The van der Waals surface area contributed by atoms with Gasteiger partial charge in [-0.2, -0.15) is 9.49 Å². The predicted molar refractivity (Wildman–Crippen MR) is 88.8 cm³/mol. The van der Waals surface area contributed by atoms with E-state index in [-0.39, 0.29) is 0 Å². The Morgan fingerprint density at radius 3 is 2.87 bits per heavy atom. The Kier molecular flexibility index (Phi) is 3.39. The van der Waals surface area contributed by atoms with Crippen molar-refractivity contribution in [2.24, 2.45) is 5.41 Å². The molecule has 0 atom stereocenters. The van der Waals surface area contributed by atoms with Crippen LogP contribution in [0.15, 0.2) is 12.1 Å². The third-order valence-electron chi connectivity index (χ3n) is 5.18. The highest BCUT2D eigenvalue weighted by atomic mass is 19.1. The van der Waals surface area contributed by atoms with Crippen LogP contribution in [0.25, 0.3) is 11.3 Å². The molecule has 0 spiro atoms. The maximum absolute atomic E-state index is 14.0. The first-order valence-corrected chi connectivity index (χ1v) is 8.51. The fourth-order valence-electron chi connectivity index (χ4n) is 3.56. The van der Waals surface area contributed by atoms with Gasteiger partial charge in [-0.1, -0.05) is 13.8 Å². The van der Waals surface area contributed by atoms with Gasteiger partial charge in [-0.3, -0.25) is 5.10 Å². The minimum atomic E-state index is -0.447. The van der Waals surface area contributed by atoms with E-state index in [0.29, 0.717) is 17.3 Å². The van der Waals surface area contributed by atoms with Crippen molar-refractivity contribution in [2.45, 2.75) is 58.4 Å². The van der Waals surface area contributed by atoms with Crippen LogP contribution in [0.4, 0.5) is 10.2 Å². The summed E-state index contributed by atoms with van der Waals surface area (Å²) >= 11 is 0. The van der Waals surface area contributed by atoms with Gasteiger partial charge < -0.3 is 5.32 Å². The Balaban J connectivity index is 1.67. The van der Waals surface area contributed by atoms with Gasteiger partial charge in [0.05, 0.1) is 5.69 Å². The van der Waals surface area contributed by atoms with E-state index >= 15 is 0 Å². The Labute approximate surface area is 135 Å². The van der Waals surface area contributed by atoms with E-state index in [9.17, 15) is 4.39 Å². The normalized spacial score (nSPS) is 20.0. The molecule has 2 aromatic heterocycles. The third-order valence-corrected chi connectivity index (χ3v) is 5.18. The van der Waals surface area contributed by atoms with Gasteiger partial charge in [0.1, 0.15) is 5.82 Å². The van der Waals surface area contributed by atoms with E-state index in [1.165, 1.54) is 23.7 Å². The molecule has 0 radical (unpaired) electrons. The summed E-state index contributed by atoms with van der Waals surface area (Å²) < 4.78 is 14.0. The first-order valence-electron chi connectivity index (χ1n) is 8.51. The number of hydrogen-bond donors (Lipinski definition) is 2. The lowest BCUT2D eigenvalue weighted by Crippen LogP contribution is -2.27. The van der Waals surface area contributed by atoms with Crippen molar-refractivity contribution in [2.75, 3.05) is 5.32 Å². The average Bonchev–Trinajstić information content (AvgIpc) is 2.84. The molecule has 2 aliphatic rings. The highest BCUT2D eigenvalue weighted by Crippen LogP contribution is 2.38. The molecule has 0 amide bonds. The molecule has 0 aromatic carbocycles. The van der Waals surface area contributed by atoms with E-state index in [1.807, 2.05) is 6.07 Å². The van der Waals surface area contributed by atoms with Crippen molar-refractivity contribution in [1.82, 2.24) is 15.2 Å². The van der Waals surface area contributed by atoms with Gasteiger partial charge in [-0.25, -0.2) is 4.98 Å². The third kappa shape index (κ3) is 2.84. The Morgan fingerprint density at radius 1 is 1.30 bits per heavy atom. The van der Waals surface area contributed by atoms with Gasteiger partial charge in [-0.05, 0) is 50.0 Å². The number of aromatic amines is 1. The molecule has 2 N–H and O–H groups in total. The number of H-pyrrole nitrogens is 1. The number of hydrogen-bond acceptors (Lipinski definition) is 3. The monoisotopic (exact) mass is 314 g/mol. The molecule has 0 bridgehead atoms. The molecule has 4 nitrogen and oxygen atoms in total. The number of halogens is 1. The van der Waals surface area contributed by atoms with E-state index in [0.717, 1.165) is 43.4 Å². The van der Waals surface area contributed by atoms with Crippen molar-refractivity contribution in [1.29, 1.82) is 0 Å². The molecule has 2 aromatic rings. The Hall–Kier alpha value is -1.91. The molecule has 2 heterocycles. The van der Waals surface area contributed by atoms with Crippen LogP contribution in [0.5, 0.6) is 0 Å². The highest BCUT2D eigenvalue weighted by molar-refractivity contribution is 5.67. The van der Waals surface area contributed by atoms with Gasteiger partial charge in [0, 0.05) is 28.9 Å². The topological polar surface area (TPSA) is 53.6 Å². The molecule has 0 saturated heterocycles. The zero-order chi connectivity index (χ0) is 16.0. The highest BCUT2D eigenvalue weighted by Gasteiger charge is 2.29. The number of pyridine rings is 1. The van der Waals surface area contributed by atoms with Crippen molar-refractivity contribution < 1.29 is 4.39 Å². The molecule has 5 heteroatoms. The van der Waals surface area contributed by atoms with Gasteiger partial charge in [0.2, 0.25) is 5.95 Å². The molecular formula is C18H23FN4. The summed E-state index contributed by atoms with van der Waals surface area (Å²) in [4.78, 5) is 3.98. The second-order valence-corrected chi connectivity index (χ2v) is 7.71. The SMILES string of the molecule is CC1(C)CCc2c(-c3cc(F)nc(NC4CCC4)c3)n[nH]c2C1. The van der Waals surface area contributed by atoms with Crippen LogP contribution in [0.2, 0.25) is 0 Å². The van der Waals surface area contributed by atoms with E-state index in [4.69, 9.17) is 0 Å². The summed E-state index contributed by atoms with van der Waals surface area (Å²) in [5.74, 6) is 0.176. The maximum atomic E-state index is 14.0. The molecule has 1 saturated carbocycles. The largest absolute Gasteiger partial charge is 0.367 e. The summed E-state index contributed by atoms with van der Waals surface area (Å²) in [6.07, 6.45) is 6.64. The van der Waals surface area contributed by atoms with Gasteiger partial charge in [0.15, 0.2) is 0 Å². The number of nitrogens with zero attached hydrogens (tertiary/aromatic N) is 2. The van der Waals surface area contributed by atoms with Crippen molar-refractivity contribution in [3.63, 3.8) is 0 Å². The molecule has 4 rings (SSSR count). The summed E-state index contributed by atoms with van der Waals surface area (Å²) in [7, 11) is 0. The molecule has 122 valence electrons. The molecule has 1 fully saturated rings. The second-order valence-electron chi connectivity index (χ2n) is 7.71. The first kappa shape index (κ1) is 14.7. The Morgan fingerprint density at radius 2 is 2.13 bits per heavy atom. The smallest absolute Gasteiger partial charge is 0.215 e. The minimum absolute atomic E-state index is 0.303. The average molecular weight is 314 g/mol. The zero-order valence-electron chi connectivity index (χ0n) is 13.7. The fourth-order valence-corrected chi connectivity index (χ4v) is 3.56. The van der Waals surface area contributed by atoms with E-state index in [1.54, 1.807) is 0 Å². The lowest BCUT2D eigenvalue weighted by Gasteiger charge is -2.29. The van der Waals surface area contributed by atoms with Crippen LogP contribution >= 0.6 is 0 Å². The number of anilines is 1. The van der Waals surface area contributed by atoms with E-state index < -0.39 is 5.95 Å². The summed E-state index contributed by atoms with van der Waals surface area (Å²) in [5.41, 5.74) is 4.44. The van der Waals surface area contributed by atoms with Gasteiger partial charge in [-0.15, -0.1) is 0 Å². The van der Waals surface area contributed by atoms with E-state index in [2.05, 4.69) is 34.3 Å². The summed E-state index contributed by atoms with van der Waals surface area (Å²) in [6, 6.07) is 3.85.